The second-order valence-corrected chi connectivity index (χ2v) is 7.75. The Bertz CT molecular complexity index is 959. The first kappa shape index (κ1) is 26.9. The van der Waals surface area contributed by atoms with E-state index < -0.39 is 41.9 Å². The van der Waals surface area contributed by atoms with Crippen LogP contribution in [0.4, 0.5) is 5.82 Å². The van der Waals surface area contributed by atoms with Crippen molar-refractivity contribution in [3.05, 3.63) is 22.7 Å². The normalized spacial score (nSPS) is 21.5. The molecule has 0 bridgehead atoms. The number of esters is 1. The van der Waals surface area contributed by atoms with Gasteiger partial charge in [-0.1, -0.05) is 19.8 Å². The van der Waals surface area contributed by atoms with Crippen molar-refractivity contribution < 1.29 is 34.2 Å². The van der Waals surface area contributed by atoms with Gasteiger partial charge in [0.2, 0.25) is 11.8 Å². The Morgan fingerprint density at radius 2 is 1.94 bits per heavy atom. The summed E-state index contributed by atoms with van der Waals surface area (Å²) in [4.78, 5) is 50.5. The van der Waals surface area contributed by atoms with Gasteiger partial charge in [-0.2, -0.15) is 10.2 Å². The number of anilines is 1. The van der Waals surface area contributed by atoms with Crippen molar-refractivity contribution in [3.63, 3.8) is 0 Å². The number of nitrogens with zero attached hydrogens (tertiary/aromatic N) is 3. The van der Waals surface area contributed by atoms with E-state index in [1.54, 1.807) is 12.4 Å². The summed E-state index contributed by atoms with van der Waals surface area (Å²) < 4.78 is 11.9. The van der Waals surface area contributed by atoms with Crippen LogP contribution in [0.1, 0.15) is 58.1 Å². The van der Waals surface area contributed by atoms with Gasteiger partial charge < -0.3 is 19.9 Å². The molecule has 0 aromatic carbocycles. The highest BCUT2D eigenvalue weighted by atomic mass is 16.6. The van der Waals surface area contributed by atoms with Crippen LogP contribution in [-0.4, -0.2) is 56.5 Å². The smallest absolute Gasteiger partial charge is 0.351 e. The van der Waals surface area contributed by atoms with Gasteiger partial charge in [0.05, 0.1) is 6.07 Å². The highest BCUT2D eigenvalue weighted by molar-refractivity contribution is 5.89. The van der Waals surface area contributed by atoms with Gasteiger partial charge in [0, 0.05) is 25.5 Å². The number of aromatic nitrogens is 2. The molecule has 4 atom stereocenters. The zero-order valence-electron chi connectivity index (χ0n) is 18.8. The van der Waals surface area contributed by atoms with E-state index in [4.69, 9.17) is 14.7 Å². The zero-order valence-corrected chi connectivity index (χ0v) is 18.8. The third-order valence-electron chi connectivity index (χ3n) is 5.28. The van der Waals surface area contributed by atoms with Crippen LogP contribution in [0.3, 0.4) is 0 Å². The summed E-state index contributed by atoms with van der Waals surface area (Å²) in [6.45, 7) is 1.36. The van der Waals surface area contributed by atoms with Crippen LogP contribution in [0.2, 0.25) is 0 Å². The van der Waals surface area contributed by atoms with Crippen molar-refractivity contribution >= 4 is 23.6 Å². The molecule has 1 fully saturated rings. The number of nitrogens with one attached hydrogen (secondary N) is 2. The van der Waals surface area contributed by atoms with Crippen LogP contribution in [0.15, 0.2) is 17.1 Å². The highest BCUT2D eigenvalue weighted by Crippen LogP contribution is 2.33. The number of unbranched alkanes of at least 4 members (excludes halogenated alkanes) is 3. The average Bonchev–Trinajstić information content (AvgIpc) is 3.14. The molecule has 0 radical (unpaired) electrons. The van der Waals surface area contributed by atoms with Gasteiger partial charge in [0.25, 0.3) is 0 Å². The number of ether oxygens (including phenoxy) is 2. The van der Waals surface area contributed by atoms with Gasteiger partial charge in [-0.05, 0) is 18.9 Å². The number of aliphatic hydroxyl groups is 1. The number of nitriles is 1. The lowest BCUT2D eigenvalue weighted by Crippen LogP contribution is -2.32. The third-order valence-corrected chi connectivity index (χ3v) is 5.28. The average molecular weight is 479 g/mol. The first-order valence-corrected chi connectivity index (χ1v) is 11.0. The summed E-state index contributed by atoms with van der Waals surface area (Å²) in [6.07, 6.45) is 0.927. The lowest BCUT2D eigenvalue weighted by atomic mass is 10.0. The minimum absolute atomic E-state index is 0.0577. The van der Waals surface area contributed by atoms with Gasteiger partial charge in [0.1, 0.15) is 30.6 Å². The third kappa shape index (κ3) is 7.62. The molecule has 0 saturated carbocycles. The molecule has 1 saturated heterocycles. The maximum absolute atomic E-state index is 12.4. The first-order valence-electron chi connectivity index (χ1n) is 11.0. The number of aliphatic hydroxyl groups excluding tert-OH is 1. The molecular weight excluding hydrogens is 450 g/mol. The van der Waals surface area contributed by atoms with Crippen molar-refractivity contribution in [2.45, 2.75) is 70.3 Å². The van der Waals surface area contributed by atoms with E-state index >= 15 is 0 Å². The molecule has 1 aliphatic heterocycles. The largest absolute Gasteiger partial charge is 0.463 e. The summed E-state index contributed by atoms with van der Waals surface area (Å²) in [7, 11) is 0. The molecule has 1 aromatic heterocycles. The summed E-state index contributed by atoms with van der Waals surface area (Å²) in [5, 5.41) is 30.8. The molecule has 186 valence electrons. The Morgan fingerprint density at radius 3 is 2.56 bits per heavy atom. The SMILES string of the molecule is CCC(=O)Nc1ccn([C@@H]2O[C@H](COC(=O)CCCCCCC(=O)NO)[C@@H](O)[C@@H]2C#N)c(=O)n1. The highest BCUT2D eigenvalue weighted by Gasteiger charge is 2.46. The summed E-state index contributed by atoms with van der Waals surface area (Å²) in [5.41, 5.74) is 0.776. The van der Waals surface area contributed by atoms with E-state index in [1.807, 2.05) is 6.07 Å². The van der Waals surface area contributed by atoms with Crippen LogP contribution in [0.5, 0.6) is 0 Å². The molecule has 13 nitrogen and oxygen atoms in total. The van der Waals surface area contributed by atoms with Crippen molar-refractivity contribution in [1.29, 1.82) is 5.26 Å². The van der Waals surface area contributed by atoms with E-state index in [0.717, 1.165) is 4.57 Å². The number of hydroxylamine groups is 1. The second-order valence-electron chi connectivity index (χ2n) is 7.75. The number of hydrogen-bond donors (Lipinski definition) is 4. The number of amides is 2. The molecule has 0 spiro atoms. The van der Waals surface area contributed by atoms with Crippen LogP contribution in [-0.2, 0) is 23.9 Å². The molecule has 1 aliphatic rings. The molecular formula is C21H29N5O8. The molecule has 0 unspecified atom stereocenters. The number of carbonyl (C=O) groups is 3. The zero-order chi connectivity index (χ0) is 25.1. The summed E-state index contributed by atoms with van der Waals surface area (Å²) in [6, 6.07) is 3.29. The Morgan fingerprint density at radius 1 is 1.24 bits per heavy atom. The Labute approximate surface area is 195 Å². The number of rotatable bonds is 12. The van der Waals surface area contributed by atoms with E-state index in [1.165, 1.54) is 12.3 Å². The lowest BCUT2D eigenvalue weighted by molar-refractivity contribution is -0.150. The van der Waals surface area contributed by atoms with Crippen LogP contribution in [0, 0.1) is 17.2 Å². The fourth-order valence-electron chi connectivity index (χ4n) is 3.38. The quantitative estimate of drug-likeness (QED) is 0.141. The van der Waals surface area contributed by atoms with E-state index in [2.05, 4.69) is 10.3 Å². The first-order chi connectivity index (χ1) is 16.3. The van der Waals surface area contributed by atoms with Gasteiger partial charge in [-0.3, -0.25) is 24.2 Å². The van der Waals surface area contributed by atoms with Crippen molar-refractivity contribution in [2.75, 3.05) is 11.9 Å². The number of carbonyl (C=O) groups excluding carboxylic acids is 3. The monoisotopic (exact) mass is 479 g/mol. The van der Waals surface area contributed by atoms with Gasteiger partial charge >= 0.3 is 11.7 Å². The van der Waals surface area contributed by atoms with Crippen LogP contribution >= 0.6 is 0 Å². The second kappa shape index (κ2) is 13.4. The molecule has 0 aliphatic carbocycles. The van der Waals surface area contributed by atoms with Crippen LogP contribution < -0.4 is 16.5 Å². The minimum atomic E-state index is -1.30. The standard InChI is InChI=1S/C21H29N5O8/c1-2-16(27)23-15-9-10-26(21(31)24-15)20-13(11-22)19(30)14(34-20)12-33-18(29)8-6-4-3-5-7-17(28)25-32/h9-10,13-14,19-20,30,32H,2-8,12H2,1H3,(H,25,28)(H,23,24,27,31)/t13-,14+,19-,20+/m0/s1. The van der Waals surface area contributed by atoms with Crippen LogP contribution in [0.25, 0.3) is 0 Å². The molecule has 13 heteroatoms. The van der Waals surface area contributed by atoms with Gasteiger partial charge in [-0.15, -0.1) is 0 Å². The Hall–Kier alpha value is -3.34. The van der Waals surface area contributed by atoms with E-state index in [9.17, 15) is 29.5 Å². The topological polar surface area (TPSA) is 193 Å². The summed E-state index contributed by atoms with van der Waals surface area (Å²) in [5.74, 6) is -2.32. The molecule has 2 rings (SSSR count). The van der Waals surface area contributed by atoms with Crippen molar-refractivity contribution in [1.82, 2.24) is 15.0 Å². The van der Waals surface area contributed by atoms with Gasteiger partial charge in [-0.25, -0.2) is 10.3 Å². The van der Waals surface area contributed by atoms with Crippen molar-refractivity contribution in [2.24, 2.45) is 5.92 Å². The van der Waals surface area contributed by atoms with E-state index in [0.29, 0.717) is 25.7 Å². The predicted molar refractivity (Wildman–Crippen MR) is 115 cm³/mol. The maximum Gasteiger partial charge on any atom is 0.351 e. The Kier molecular flexibility index (Phi) is 10.6. The summed E-state index contributed by atoms with van der Waals surface area (Å²) >= 11 is 0. The number of hydrogen-bond acceptors (Lipinski definition) is 10. The minimum Gasteiger partial charge on any atom is -0.463 e. The Balaban J connectivity index is 1.86. The molecule has 2 amide bonds. The maximum atomic E-state index is 12.4. The fourth-order valence-corrected chi connectivity index (χ4v) is 3.38. The van der Waals surface area contributed by atoms with E-state index in [-0.39, 0.29) is 37.6 Å². The molecule has 2 heterocycles. The van der Waals surface area contributed by atoms with Gasteiger partial charge in [0.15, 0.2) is 6.23 Å². The molecule has 34 heavy (non-hydrogen) atoms. The molecule has 1 aromatic rings. The lowest BCUT2D eigenvalue weighted by Gasteiger charge is -2.17. The predicted octanol–water partition coefficient (Wildman–Crippen LogP) is 0.379. The molecule has 4 N–H and O–H groups in total. The fraction of sp³-hybridized carbons (Fsp3) is 0.619. The van der Waals surface area contributed by atoms with Crippen molar-refractivity contribution in [3.8, 4) is 6.07 Å².